The predicted octanol–water partition coefficient (Wildman–Crippen LogP) is 3.81. The average molecular weight is 309 g/mol. The van der Waals surface area contributed by atoms with Gasteiger partial charge >= 0.3 is 0 Å². The zero-order valence-electron chi connectivity index (χ0n) is 7.26. The van der Waals surface area contributed by atoms with E-state index in [4.69, 9.17) is 16.3 Å². The first-order valence-electron chi connectivity index (χ1n) is 3.87. The second-order valence-electron chi connectivity index (χ2n) is 2.67. The van der Waals surface area contributed by atoms with Crippen molar-refractivity contribution in [2.75, 3.05) is 6.61 Å². The number of hydrogen-bond acceptors (Lipinski definition) is 1. The number of ether oxygens (including phenoxy) is 1. The lowest BCUT2D eigenvalue weighted by molar-refractivity contribution is 0.350. The third-order valence-corrected chi connectivity index (χ3v) is 2.74. The molecular formula is C10H10ClIO. The first-order valence-corrected chi connectivity index (χ1v) is 5.38. The maximum atomic E-state index is 5.53. The Labute approximate surface area is 96.9 Å². The maximum absolute atomic E-state index is 5.53. The van der Waals surface area contributed by atoms with Crippen molar-refractivity contribution in [1.29, 1.82) is 0 Å². The number of halogens is 2. The van der Waals surface area contributed by atoms with Gasteiger partial charge in [-0.25, -0.2) is 0 Å². The molecule has 1 aromatic carbocycles. The summed E-state index contributed by atoms with van der Waals surface area (Å²) >= 11 is 7.76. The quantitative estimate of drug-likeness (QED) is 0.772. The highest BCUT2D eigenvalue weighted by molar-refractivity contribution is 14.1. The number of hydrogen-bond donors (Lipinski definition) is 0. The van der Waals surface area contributed by atoms with Gasteiger partial charge in [-0.05, 0) is 47.2 Å². The van der Waals surface area contributed by atoms with Gasteiger partial charge in [0.1, 0.15) is 12.4 Å². The summed E-state index contributed by atoms with van der Waals surface area (Å²) in [5.74, 6) is 0.904. The summed E-state index contributed by atoms with van der Waals surface area (Å²) in [7, 11) is 0. The minimum Gasteiger partial charge on any atom is -0.488 e. The fraction of sp³-hybridized carbons (Fsp3) is 0.200. The molecule has 0 spiro atoms. The highest BCUT2D eigenvalue weighted by Crippen LogP contribution is 2.20. The molecule has 3 heteroatoms. The zero-order chi connectivity index (χ0) is 9.68. The smallest absolute Gasteiger partial charge is 0.133 e. The van der Waals surface area contributed by atoms with Crippen molar-refractivity contribution in [1.82, 2.24) is 0 Å². The van der Waals surface area contributed by atoms with Crippen LogP contribution in [0.15, 0.2) is 35.4 Å². The molecule has 70 valence electrons. The average Bonchev–Trinajstić information content (AvgIpc) is 2.16. The molecule has 0 amide bonds. The largest absolute Gasteiger partial charge is 0.488 e. The minimum absolute atomic E-state index is 0.545. The molecule has 0 aromatic heterocycles. The molecule has 0 aliphatic rings. The Morgan fingerprint density at radius 1 is 1.54 bits per heavy atom. The van der Waals surface area contributed by atoms with Gasteiger partial charge in [0.2, 0.25) is 0 Å². The van der Waals surface area contributed by atoms with Gasteiger partial charge in [-0.3, -0.25) is 0 Å². The molecule has 0 saturated heterocycles. The Balaban J connectivity index is 2.60. The van der Waals surface area contributed by atoms with Crippen LogP contribution in [0.5, 0.6) is 5.75 Å². The summed E-state index contributed by atoms with van der Waals surface area (Å²) < 4.78 is 6.64. The SMILES string of the molecule is C/C(=C/Cl)COc1ccccc1I. The zero-order valence-corrected chi connectivity index (χ0v) is 10.2. The van der Waals surface area contributed by atoms with Crippen molar-refractivity contribution >= 4 is 34.2 Å². The van der Waals surface area contributed by atoms with E-state index in [9.17, 15) is 0 Å². The molecule has 1 aromatic rings. The lowest BCUT2D eigenvalue weighted by atomic mass is 10.3. The third kappa shape index (κ3) is 3.56. The van der Waals surface area contributed by atoms with E-state index >= 15 is 0 Å². The Morgan fingerprint density at radius 2 is 2.23 bits per heavy atom. The molecule has 13 heavy (non-hydrogen) atoms. The van der Waals surface area contributed by atoms with Crippen LogP contribution in [0.25, 0.3) is 0 Å². The van der Waals surface area contributed by atoms with Gasteiger partial charge in [0.15, 0.2) is 0 Å². The second-order valence-corrected chi connectivity index (χ2v) is 4.05. The lowest BCUT2D eigenvalue weighted by Crippen LogP contribution is -1.99. The van der Waals surface area contributed by atoms with Crippen LogP contribution in [0.2, 0.25) is 0 Å². The Hall–Kier alpha value is -0.220. The summed E-state index contributed by atoms with van der Waals surface area (Å²) in [5.41, 5.74) is 2.55. The fourth-order valence-corrected chi connectivity index (χ4v) is 1.39. The van der Waals surface area contributed by atoms with Crippen LogP contribution in [0.3, 0.4) is 0 Å². The van der Waals surface area contributed by atoms with E-state index in [0.29, 0.717) is 6.61 Å². The van der Waals surface area contributed by atoms with Crippen LogP contribution in [-0.4, -0.2) is 6.61 Å². The van der Waals surface area contributed by atoms with Crippen LogP contribution < -0.4 is 4.74 Å². The van der Waals surface area contributed by atoms with E-state index in [-0.39, 0.29) is 0 Å². The van der Waals surface area contributed by atoms with Crippen molar-refractivity contribution in [2.24, 2.45) is 0 Å². The van der Waals surface area contributed by atoms with Crippen molar-refractivity contribution in [2.45, 2.75) is 6.92 Å². The van der Waals surface area contributed by atoms with Gasteiger partial charge in [0.05, 0.1) is 3.57 Å². The molecule has 0 bridgehead atoms. The summed E-state index contributed by atoms with van der Waals surface area (Å²) in [6.45, 7) is 2.48. The van der Waals surface area contributed by atoms with E-state index < -0.39 is 0 Å². The van der Waals surface area contributed by atoms with Crippen LogP contribution in [0, 0.1) is 3.57 Å². The Kier molecular flexibility index (Phi) is 4.59. The van der Waals surface area contributed by atoms with Crippen molar-refractivity contribution < 1.29 is 4.74 Å². The second kappa shape index (κ2) is 5.50. The van der Waals surface area contributed by atoms with Crippen LogP contribution in [0.4, 0.5) is 0 Å². The monoisotopic (exact) mass is 308 g/mol. The van der Waals surface area contributed by atoms with Crippen LogP contribution >= 0.6 is 34.2 Å². The molecule has 1 nitrogen and oxygen atoms in total. The van der Waals surface area contributed by atoms with Crippen molar-refractivity contribution in [3.8, 4) is 5.75 Å². The highest BCUT2D eigenvalue weighted by atomic mass is 127. The fourth-order valence-electron chi connectivity index (χ4n) is 0.785. The Morgan fingerprint density at radius 3 is 2.85 bits per heavy atom. The highest BCUT2D eigenvalue weighted by Gasteiger charge is 1.98. The first-order chi connectivity index (χ1) is 6.24. The van der Waals surface area contributed by atoms with Crippen molar-refractivity contribution in [3.05, 3.63) is 38.9 Å². The summed E-state index contributed by atoms with van der Waals surface area (Å²) in [6.07, 6.45) is 0. The number of benzene rings is 1. The Bertz CT molecular complexity index is 310. The number of rotatable bonds is 3. The maximum Gasteiger partial charge on any atom is 0.133 e. The van der Waals surface area contributed by atoms with Crippen molar-refractivity contribution in [3.63, 3.8) is 0 Å². The minimum atomic E-state index is 0.545. The van der Waals surface area contributed by atoms with Gasteiger partial charge in [0.25, 0.3) is 0 Å². The molecule has 0 atom stereocenters. The summed E-state index contributed by atoms with van der Waals surface area (Å²) in [5, 5.41) is 0. The topological polar surface area (TPSA) is 9.23 Å². The molecule has 0 N–H and O–H groups in total. The molecule has 0 saturated carbocycles. The number of para-hydroxylation sites is 1. The molecular weight excluding hydrogens is 298 g/mol. The predicted molar refractivity (Wildman–Crippen MR) is 64.3 cm³/mol. The normalized spacial score (nSPS) is 11.5. The molecule has 0 aliphatic carbocycles. The standard InChI is InChI=1S/C10H10ClIO/c1-8(6-11)7-13-10-5-3-2-4-9(10)12/h2-6H,7H2,1H3/b8-6-. The molecule has 0 radical (unpaired) electrons. The van der Waals surface area contributed by atoms with E-state index in [2.05, 4.69) is 22.6 Å². The summed E-state index contributed by atoms with van der Waals surface area (Å²) in [4.78, 5) is 0. The van der Waals surface area contributed by atoms with Gasteiger partial charge in [0, 0.05) is 5.54 Å². The van der Waals surface area contributed by atoms with Crippen LogP contribution in [0.1, 0.15) is 6.92 Å². The van der Waals surface area contributed by atoms with Gasteiger partial charge < -0.3 is 4.74 Å². The first kappa shape index (κ1) is 10.9. The molecule has 1 rings (SSSR count). The van der Waals surface area contributed by atoms with Gasteiger partial charge in [-0.15, -0.1) is 0 Å². The van der Waals surface area contributed by atoms with E-state index in [0.717, 1.165) is 14.9 Å². The van der Waals surface area contributed by atoms with Gasteiger partial charge in [-0.1, -0.05) is 23.7 Å². The molecule has 0 aliphatic heterocycles. The van der Waals surface area contributed by atoms with E-state index in [1.54, 1.807) is 0 Å². The van der Waals surface area contributed by atoms with Gasteiger partial charge in [-0.2, -0.15) is 0 Å². The van der Waals surface area contributed by atoms with E-state index in [1.165, 1.54) is 5.54 Å². The lowest BCUT2D eigenvalue weighted by Gasteiger charge is -2.07. The molecule has 0 fully saturated rings. The molecule has 0 heterocycles. The third-order valence-electron chi connectivity index (χ3n) is 1.48. The molecule has 0 unspecified atom stereocenters. The van der Waals surface area contributed by atoms with E-state index in [1.807, 2.05) is 31.2 Å². The summed E-state index contributed by atoms with van der Waals surface area (Å²) in [6, 6.07) is 7.90. The van der Waals surface area contributed by atoms with Crippen LogP contribution in [-0.2, 0) is 0 Å².